The number of nitrogens with zero attached hydrogens (tertiary/aromatic N) is 3. The summed E-state index contributed by atoms with van der Waals surface area (Å²) in [5.41, 5.74) is 14.5. The van der Waals surface area contributed by atoms with Crippen molar-refractivity contribution in [3.63, 3.8) is 0 Å². The van der Waals surface area contributed by atoms with Crippen molar-refractivity contribution in [3.05, 3.63) is 94.1 Å². The Bertz CT molecular complexity index is 1690. The van der Waals surface area contributed by atoms with Crippen LogP contribution in [0.3, 0.4) is 0 Å². The van der Waals surface area contributed by atoms with Crippen LogP contribution in [0.4, 0.5) is 0 Å². The summed E-state index contributed by atoms with van der Waals surface area (Å²) in [6.45, 7) is 6.60. The van der Waals surface area contributed by atoms with Gasteiger partial charge >= 0.3 is 0 Å². The average Bonchev–Trinajstić information content (AvgIpc) is 3.58. The van der Waals surface area contributed by atoms with E-state index >= 15 is 0 Å². The zero-order valence-corrected chi connectivity index (χ0v) is 21.2. The van der Waals surface area contributed by atoms with E-state index in [-0.39, 0.29) is 16.8 Å². The summed E-state index contributed by atoms with van der Waals surface area (Å²) in [5.74, 6) is 0. The Balaban J connectivity index is 0.00000253. The first-order valence-corrected chi connectivity index (χ1v) is 11.6. The van der Waals surface area contributed by atoms with Crippen molar-refractivity contribution >= 4 is 46.4 Å². The van der Waals surface area contributed by atoms with Crippen LogP contribution in [0, 0.1) is 20.8 Å². The van der Waals surface area contributed by atoms with Crippen LogP contribution in [0.5, 0.6) is 0 Å². The Labute approximate surface area is 215 Å². The second-order valence-electron chi connectivity index (χ2n) is 9.09. The van der Waals surface area contributed by atoms with Crippen LogP contribution in [-0.2, 0) is 23.8 Å². The summed E-state index contributed by atoms with van der Waals surface area (Å²) in [5, 5.41) is 0. The molecule has 0 aliphatic carbocycles. The van der Waals surface area contributed by atoms with Crippen LogP contribution < -0.4 is 0 Å². The Kier molecular flexibility index (Phi) is 5.83. The number of aromatic nitrogens is 4. The van der Waals surface area contributed by atoms with E-state index in [0.29, 0.717) is 0 Å². The molecular weight excluding hydrogens is 475 g/mol. The first-order chi connectivity index (χ1) is 16.5. The Morgan fingerprint density at radius 2 is 1.31 bits per heavy atom. The van der Waals surface area contributed by atoms with Gasteiger partial charge in [0.15, 0.2) is 0 Å². The molecule has 8 bridgehead atoms. The van der Waals surface area contributed by atoms with Gasteiger partial charge in [0.2, 0.25) is 0 Å². The summed E-state index contributed by atoms with van der Waals surface area (Å²) in [6, 6.07) is 19.2. The van der Waals surface area contributed by atoms with E-state index in [1.807, 2.05) is 18.2 Å². The zero-order chi connectivity index (χ0) is 23.4. The minimum atomic E-state index is 0. The fourth-order valence-corrected chi connectivity index (χ4v) is 5.25. The number of nitrogens with one attached hydrogen (secondary N) is 1. The van der Waals surface area contributed by atoms with Gasteiger partial charge in [0, 0.05) is 45.9 Å². The molecule has 0 unspecified atom stereocenters. The molecule has 4 nitrogen and oxygen atoms in total. The maximum atomic E-state index is 4.87. The zero-order valence-electron chi connectivity index (χ0n) is 20.2. The largest absolute Gasteiger partial charge is 0.355 e. The second kappa shape index (κ2) is 8.84. The molecule has 4 aromatic rings. The first kappa shape index (κ1) is 23.1. The number of benzene rings is 1. The predicted octanol–water partition coefficient (Wildman–Crippen LogP) is 7.26. The third-order valence-electron chi connectivity index (χ3n) is 6.76. The van der Waals surface area contributed by atoms with Crippen molar-refractivity contribution in [2.75, 3.05) is 0 Å². The number of H-pyrrole nitrogens is 1. The van der Waals surface area contributed by atoms with Crippen LogP contribution in [0.2, 0.25) is 0 Å². The summed E-state index contributed by atoms with van der Waals surface area (Å²) in [6.07, 6.45) is 8.22. The standard InChI is InChI=1S/C30H26N4.Co/c1-18-14-26-16-24-11-10-22(31-24)15-23-12-13-25(32-23)17-27-28(21-8-6-5-7-9-21)19(2)30(34(27)4)20(3)29(18)33-26;/h5-17,33H,1-4H3;. The summed E-state index contributed by atoms with van der Waals surface area (Å²) in [7, 11) is 2.16. The fourth-order valence-electron chi connectivity index (χ4n) is 5.25. The molecule has 0 fully saturated rings. The Morgan fingerprint density at radius 3 is 1.97 bits per heavy atom. The average molecular weight is 501 g/mol. The number of aryl methyl sites for hydroxylation is 4. The molecule has 2 aliphatic rings. The van der Waals surface area contributed by atoms with Gasteiger partial charge < -0.3 is 9.55 Å². The van der Waals surface area contributed by atoms with Gasteiger partial charge in [-0.3, -0.25) is 0 Å². The molecule has 3 aromatic heterocycles. The van der Waals surface area contributed by atoms with Crippen LogP contribution in [0.1, 0.15) is 39.5 Å². The molecule has 0 saturated carbocycles. The Hall–Kier alpha value is -3.67. The molecule has 1 N–H and O–H groups in total. The molecule has 0 saturated heterocycles. The van der Waals surface area contributed by atoms with Crippen LogP contribution in [-0.4, -0.2) is 19.5 Å². The minimum absolute atomic E-state index is 0. The first-order valence-electron chi connectivity index (χ1n) is 11.6. The third kappa shape index (κ3) is 3.97. The molecule has 6 rings (SSSR count). The summed E-state index contributed by atoms with van der Waals surface area (Å²) >= 11 is 0. The van der Waals surface area contributed by atoms with Gasteiger partial charge in [0.25, 0.3) is 0 Å². The van der Waals surface area contributed by atoms with E-state index in [4.69, 9.17) is 9.97 Å². The number of fused-ring (bicyclic) bond motifs is 8. The minimum Gasteiger partial charge on any atom is -0.355 e. The van der Waals surface area contributed by atoms with Gasteiger partial charge in [0.1, 0.15) is 0 Å². The van der Waals surface area contributed by atoms with Gasteiger partial charge in [-0.1, -0.05) is 30.3 Å². The third-order valence-corrected chi connectivity index (χ3v) is 6.76. The topological polar surface area (TPSA) is 46.5 Å². The molecule has 1 aromatic carbocycles. The molecule has 0 spiro atoms. The molecular formula is C30H26CoN4. The summed E-state index contributed by atoms with van der Waals surface area (Å²) in [4.78, 5) is 13.3. The normalized spacial score (nSPS) is 12.1. The quantitative estimate of drug-likeness (QED) is 0.258. The van der Waals surface area contributed by atoms with Crippen molar-refractivity contribution < 1.29 is 16.8 Å². The fraction of sp³-hybridized carbons (Fsp3) is 0.133. The molecule has 1 radical (unpaired) electrons. The van der Waals surface area contributed by atoms with E-state index in [0.717, 1.165) is 39.3 Å². The number of aromatic amines is 1. The Morgan fingerprint density at radius 1 is 0.714 bits per heavy atom. The molecule has 5 heteroatoms. The van der Waals surface area contributed by atoms with E-state index in [1.54, 1.807) is 0 Å². The summed E-state index contributed by atoms with van der Waals surface area (Å²) < 4.78 is 2.31. The van der Waals surface area contributed by atoms with Crippen molar-refractivity contribution in [2.45, 2.75) is 20.8 Å². The van der Waals surface area contributed by atoms with Crippen molar-refractivity contribution in [3.8, 4) is 11.1 Å². The van der Waals surface area contributed by atoms with Gasteiger partial charge in [-0.15, -0.1) is 0 Å². The van der Waals surface area contributed by atoms with E-state index in [2.05, 4.69) is 98.1 Å². The SMILES string of the molecule is Cc1cc2cc3nc(cc4nc(cc5c(-c6ccccc6)c(C)c(c(C)c1[nH]2)n5C)C=C4)C=C3.[Co]. The molecule has 175 valence electrons. The molecule has 5 heterocycles. The number of hydrogen-bond donors (Lipinski definition) is 1. The van der Waals surface area contributed by atoms with E-state index in [9.17, 15) is 0 Å². The molecule has 0 amide bonds. The van der Waals surface area contributed by atoms with Crippen LogP contribution in [0.15, 0.2) is 54.6 Å². The van der Waals surface area contributed by atoms with E-state index < -0.39 is 0 Å². The van der Waals surface area contributed by atoms with Gasteiger partial charge in [-0.2, -0.15) is 0 Å². The van der Waals surface area contributed by atoms with Crippen molar-refractivity contribution in [1.29, 1.82) is 0 Å². The number of rotatable bonds is 1. The monoisotopic (exact) mass is 501 g/mol. The predicted molar refractivity (Wildman–Crippen MR) is 143 cm³/mol. The number of hydrogen-bond acceptors (Lipinski definition) is 2. The maximum Gasteiger partial charge on any atom is 0.0659 e. The molecule has 35 heavy (non-hydrogen) atoms. The molecule has 0 atom stereocenters. The maximum absolute atomic E-state index is 4.87. The van der Waals surface area contributed by atoms with Gasteiger partial charge in [-0.05, 0) is 91.6 Å². The smallest absolute Gasteiger partial charge is 0.0659 e. The van der Waals surface area contributed by atoms with E-state index in [1.165, 1.54) is 33.3 Å². The van der Waals surface area contributed by atoms with Gasteiger partial charge in [0.05, 0.1) is 28.3 Å². The molecule has 2 aliphatic heterocycles. The second-order valence-corrected chi connectivity index (χ2v) is 9.09. The van der Waals surface area contributed by atoms with Crippen molar-refractivity contribution in [2.24, 2.45) is 7.05 Å². The van der Waals surface area contributed by atoms with Crippen LogP contribution >= 0.6 is 0 Å². The van der Waals surface area contributed by atoms with Crippen molar-refractivity contribution in [1.82, 2.24) is 19.5 Å². The van der Waals surface area contributed by atoms with Crippen LogP contribution in [0.25, 0.3) is 57.5 Å². The van der Waals surface area contributed by atoms with Gasteiger partial charge in [-0.25, -0.2) is 9.97 Å².